The number of methoxy groups -OCH3 is 1. The lowest BCUT2D eigenvalue weighted by molar-refractivity contribution is 0.415. The second kappa shape index (κ2) is 9.12. The maximum atomic E-state index is 5.33. The summed E-state index contributed by atoms with van der Waals surface area (Å²) in [5, 5.41) is 4.13. The average molecular weight is 402 g/mol. The van der Waals surface area contributed by atoms with Gasteiger partial charge in [0.15, 0.2) is 5.82 Å². The molecule has 4 aromatic rings. The van der Waals surface area contributed by atoms with E-state index in [0.29, 0.717) is 17.5 Å². The summed E-state index contributed by atoms with van der Waals surface area (Å²) in [7, 11) is 1.64. The van der Waals surface area contributed by atoms with Crippen molar-refractivity contribution in [3.63, 3.8) is 0 Å². The molecule has 4 rings (SSSR count). The highest BCUT2D eigenvalue weighted by molar-refractivity contribution is 5.93. The van der Waals surface area contributed by atoms with E-state index in [1.165, 1.54) is 0 Å². The second-order valence-corrected chi connectivity index (χ2v) is 5.36. The topological polar surface area (TPSA) is 72.8 Å². The van der Waals surface area contributed by atoms with Gasteiger partial charge in [-0.05, 0) is 42.5 Å². The molecule has 6 nitrogen and oxygen atoms in total. The second-order valence-electron chi connectivity index (χ2n) is 5.36. The van der Waals surface area contributed by atoms with Crippen molar-refractivity contribution in [1.29, 1.82) is 0 Å². The number of nitrogens with zero attached hydrogens (tertiary/aromatic N) is 4. The molecule has 0 saturated heterocycles. The van der Waals surface area contributed by atoms with Gasteiger partial charge in [0.05, 0.1) is 12.6 Å². The molecule has 0 unspecified atom stereocenters. The maximum Gasteiger partial charge on any atom is 0.163 e. The van der Waals surface area contributed by atoms with Gasteiger partial charge in [-0.25, -0.2) is 15.0 Å². The Balaban J connectivity index is 0.00000131. The molecule has 0 aliphatic carbocycles. The quantitative estimate of drug-likeness (QED) is 0.534. The third-order valence-electron chi connectivity index (χ3n) is 3.73. The van der Waals surface area contributed by atoms with Gasteiger partial charge in [0, 0.05) is 29.5 Å². The predicted molar refractivity (Wildman–Crippen MR) is 111 cm³/mol. The predicted octanol–water partition coefficient (Wildman–Crippen LogP) is 4.68. The molecule has 0 radical (unpaired) electrons. The molecule has 0 fully saturated rings. The van der Waals surface area contributed by atoms with Gasteiger partial charge in [0.2, 0.25) is 0 Å². The standard InChI is InChI=1S/C19H15N5O.2ClH/c1-25-14-7-8-16-15(11-14)19(23-17-6-2-3-10-21-17)24-18(22-16)13-5-4-9-20-12-13;;/h2-12H,1H3,(H,21,22,23,24);2*1H. The van der Waals surface area contributed by atoms with Crippen LogP contribution < -0.4 is 10.1 Å². The van der Waals surface area contributed by atoms with Crippen LogP contribution in [-0.4, -0.2) is 27.0 Å². The van der Waals surface area contributed by atoms with Crippen LogP contribution in [0, 0.1) is 0 Å². The lowest BCUT2D eigenvalue weighted by Gasteiger charge is -2.11. The number of pyridine rings is 2. The van der Waals surface area contributed by atoms with E-state index in [1.54, 1.807) is 25.7 Å². The van der Waals surface area contributed by atoms with E-state index < -0.39 is 0 Å². The Morgan fingerprint density at radius 1 is 0.926 bits per heavy atom. The number of aromatic nitrogens is 4. The van der Waals surface area contributed by atoms with E-state index >= 15 is 0 Å². The first-order valence-corrected chi connectivity index (χ1v) is 7.78. The molecule has 0 amide bonds. The van der Waals surface area contributed by atoms with Crippen molar-refractivity contribution in [2.45, 2.75) is 0 Å². The van der Waals surface area contributed by atoms with E-state index in [9.17, 15) is 0 Å². The van der Waals surface area contributed by atoms with Crippen molar-refractivity contribution in [2.75, 3.05) is 12.4 Å². The molecule has 3 heterocycles. The largest absolute Gasteiger partial charge is 0.497 e. The van der Waals surface area contributed by atoms with Crippen molar-refractivity contribution >= 4 is 47.4 Å². The van der Waals surface area contributed by atoms with Crippen LogP contribution >= 0.6 is 24.8 Å². The first-order chi connectivity index (χ1) is 12.3. The Morgan fingerprint density at radius 3 is 2.52 bits per heavy atom. The van der Waals surface area contributed by atoms with E-state index in [-0.39, 0.29) is 24.8 Å². The summed E-state index contributed by atoms with van der Waals surface area (Å²) >= 11 is 0. The number of benzene rings is 1. The molecular formula is C19H17Cl2N5O. The van der Waals surface area contributed by atoms with Crippen LogP contribution in [0.4, 0.5) is 11.6 Å². The Labute approximate surface area is 168 Å². The summed E-state index contributed by atoms with van der Waals surface area (Å²) in [5.74, 6) is 2.72. The zero-order valence-corrected chi connectivity index (χ0v) is 16.0. The fraction of sp³-hybridized carbons (Fsp3) is 0.0526. The molecule has 0 aliphatic rings. The minimum Gasteiger partial charge on any atom is -0.497 e. The van der Waals surface area contributed by atoms with Gasteiger partial charge in [-0.3, -0.25) is 4.98 Å². The highest BCUT2D eigenvalue weighted by Crippen LogP contribution is 2.29. The average Bonchev–Trinajstić information content (AvgIpc) is 2.69. The van der Waals surface area contributed by atoms with Crippen LogP contribution in [0.1, 0.15) is 0 Å². The number of fused-ring (bicyclic) bond motifs is 1. The first-order valence-electron chi connectivity index (χ1n) is 7.78. The van der Waals surface area contributed by atoms with Crippen molar-refractivity contribution in [1.82, 2.24) is 19.9 Å². The molecule has 3 aromatic heterocycles. The summed E-state index contributed by atoms with van der Waals surface area (Å²) in [6, 6.07) is 15.2. The Kier molecular flexibility index (Phi) is 6.87. The number of ether oxygens (including phenoxy) is 1. The minimum atomic E-state index is 0. The summed E-state index contributed by atoms with van der Waals surface area (Å²) in [6.07, 6.45) is 5.20. The Hall–Kier alpha value is -2.96. The van der Waals surface area contributed by atoms with Crippen molar-refractivity contribution in [2.24, 2.45) is 0 Å². The first kappa shape index (κ1) is 20.4. The molecule has 0 spiro atoms. The number of nitrogens with one attached hydrogen (secondary N) is 1. The number of hydrogen-bond acceptors (Lipinski definition) is 6. The van der Waals surface area contributed by atoms with Crippen molar-refractivity contribution in [3.8, 4) is 17.1 Å². The van der Waals surface area contributed by atoms with Gasteiger partial charge >= 0.3 is 0 Å². The van der Waals surface area contributed by atoms with Gasteiger partial charge in [-0.2, -0.15) is 0 Å². The fourth-order valence-electron chi connectivity index (χ4n) is 2.51. The third kappa shape index (κ3) is 4.42. The van der Waals surface area contributed by atoms with E-state index in [2.05, 4.69) is 25.3 Å². The van der Waals surface area contributed by atoms with Crippen LogP contribution in [0.25, 0.3) is 22.3 Å². The maximum absolute atomic E-state index is 5.33. The van der Waals surface area contributed by atoms with Crippen molar-refractivity contribution in [3.05, 3.63) is 67.1 Å². The number of halogens is 2. The lowest BCUT2D eigenvalue weighted by Crippen LogP contribution is -2.01. The fourth-order valence-corrected chi connectivity index (χ4v) is 2.51. The highest BCUT2D eigenvalue weighted by Gasteiger charge is 2.11. The van der Waals surface area contributed by atoms with Crippen LogP contribution in [0.15, 0.2) is 67.1 Å². The Morgan fingerprint density at radius 2 is 1.81 bits per heavy atom. The van der Waals surface area contributed by atoms with Gasteiger partial charge in [-0.15, -0.1) is 24.8 Å². The van der Waals surface area contributed by atoms with Crippen LogP contribution in [0.3, 0.4) is 0 Å². The normalized spacial score (nSPS) is 9.81. The minimum absolute atomic E-state index is 0. The molecule has 138 valence electrons. The summed E-state index contributed by atoms with van der Waals surface area (Å²) in [5.41, 5.74) is 1.66. The van der Waals surface area contributed by atoms with Crippen LogP contribution in [0.5, 0.6) is 5.75 Å². The monoisotopic (exact) mass is 401 g/mol. The molecule has 0 bridgehead atoms. The molecule has 1 N–H and O–H groups in total. The highest BCUT2D eigenvalue weighted by atomic mass is 35.5. The summed E-state index contributed by atoms with van der Waals surface area (Å²) < 4.78 is 5.33. The smallest absolute Gasteiger partial charge is 0.163 e. The third-order valence-corrected chi connectivity index (χ3v) is 3.73. The zero-order valence-electron chi connectivity index (χ0n) is 14.4. The molecular weight excluding hydrogens is 385 g/mol. The Bertz CT molecular complexity index is 1020. The zero-order chi connectivity index (χ0) is 17.1. The number of anilines is 2. The molecule has 8 heteroatoms. The SMILES string of the molecule is COc1ccc2nc(-c3cccnc3)nc(Nc3ccccn3)c2c1.Cl.Cl. The molecule has 0 saturated carbocycles. The molecule has 0 aliphatic heterocycles. The molecule has 27 heavy (non-hydrogen) atoms. The number of hydrogen-bond donors (Lipinski definition) is 1. The summed E-state index contributed by atoms with van der Waals surface area (Å²) in [4.78, 5) is 17.8. The van der Waals surface area contributed by atoms with Gasteiger partial charge in [0.25, 0.3) is 0 Å². The van der Waals surface area contributed by atoms with Crippen LogP contribution in [0.2, 0.25) is 0 Å². The molecule has 0 atom stereocenters. The van der Waals surface area contributed by atoms with Crippen LogP contribution in [-0.2, 0) is 0 Å². The van der Waals surface area contributed by atoms with E-state index in [4.69, 9.17) is 4.74 Å². The van der Waals surface area contributed by atoms with Crippen molar-refractivity contribution < 1.29 is 4.74 Å². The van der Waals surface area contributed by atoms with E-state index in [1.807, 2.05) is 48.5 Å². The summed E-state index contributed by atoms with van der Waals surface area (Å²) in [6.45, 7) is 0. The van der Waals surface area contributed by atoms with Gasteiger partial charge in [0.1, 0.15) is 17.4 Å². The lowest BCUT2D eigenvalue weighted by atomic mass is 10.2. The molecule has 1 aromatic carbocycles. The van der Waals surface area contributed by atoms with Gasteiger partial charge in [-0.1, -0.05) is 6.07 Å². The van der Waals surface area contributed by atoms with E-state index in [0.717, 1.165) is 22.2 Å². The number of rotatable bonds is 4. The van der Waals surface area contributed by atoms with Gasteiger partial charge < -0.3 is 10.1 Å².